The average molecular weight is 278 g/mol. The highest BCUT2D eigenvalue weighted by atomic mass is 79.9. The molecule has 0 fully saturated rings. The van der Waals surface area contributed by atoms with E-state index in [-0.39, 0.29) is 23.4 Å². The molecule has 4 nitrogen and oxygen atoms in total. The van der Waals surface area contributed by atoms with Crippen LogP contribution in [0.4, 0.5) is 8.78 Å². The van der Waals surface area contributed by atoms with Crippen LogP contribution in [-0.2, 0) is 0 Å². The van der Waals surface area contributed by atoms with E-state index in [0.29, 0.717) is 6.07 Å². The lowest BCUT2D eigenvalue weighted by molar-refractivity contribution is 0.307. The zero-order valence-electron chi connectivity index (χ0n) is 7.45. The molecule has 0 atom stereocenters. The fraction of sp³-hybridized carbons (Fsp3) is 0.250. The largest absolute Gasteiger partial charge is 0.489 e. The molecule has 0 radical (unpaired) electrons. The van der Waals surface area contributed by atoms with Crippen molar-refractivity contribution >= 4 is 15.9 Å². The Morgan fingerprint density at radius 1 is 1.47 bits per heavy atom. The number of rotatable bonds is 4. The first-order valence-electron chi connectivity index (χ1n) is 3.93. The van der Waals surface area contributed by atoms with Crippen molar-refractivity contribution in [1.82, 2.24) is 0 Å². The van der Waals surface area contributed by atoms with Crippen LogP contribution in [0.25, 0.3) is 10.4 Å². The van der Waals surface area contributed by atoms with Crippen LogP contribution in [-0.4, -0.2) is 13.2 Å². The Kier molecular flexibility index (Phi) is 4.33. The second kappa shape index (κ2) is 5.53. The highest BCUT2D eigenvalue weighted by Crippen LogP contribution is 2.29. The second-order valence-corrected chi connectivity index (χ2v) is 3.36. The zero-order valence-corrected chi connectivity index (χ0v) is 9.04. The molecule has 0 spiro atoms. The van der Waals surface area contributed by atoms with Crippen molar-refractivity contribution in [3.8, 4) is 5.75 Å². The molecule has 0 aliphatic heterocycles. The Bertz CT molecular complexity index is 384. The number of nitrogens with zero attached hydrogens (tertiary/aromatic N) is 3. The van der Waals surface area contributed by atoms with Gasteiger partial charge in [0.1, 0.15) is 5.82 Å². The van der Waals surface area contributed by atoms with Gasteiger partial charge in [0.05, 0.1) is 17.6 Å². The number of hydrogen-bond acceptors (Lipinski definition) is 2. The van der Waals surface area contributed by atoms with Gasteiger partial charge < -0.3 is 4.74 Å². The summed E-state index contributed by atoms with van der Waals surface area (Å²) < 4.78 is 30.9. The fourth-order valence-electron chi connectivity index (χ4n) is 0.900. The molecule has 0 amide bonds. The highest BCUT2D eigenvalue weighted by Gasteiger charge is 2.10. The van der Waals surface area contributed by atoms with Crippen molar-refractivity contribution in [2.45, 2.75) is 0 Å². The molecule has 0 unspecified atom stereocenters. The fourth-order valence-corrected chi connectivity index (χ4v) is 1.42. The lowest BCUT2D eigenvalue weighted by atomic mass is 10.3. The van der Waals surface area contributed by atoms with Crippen molar-refractivity contribution in [3.63, 3.8) is 0 Å². The Labute approximate surface area is 92.6 Å². The zero-order chi connectivity index (χ0) is 11.3. The number of ether oxygens (including phenoxy) is 1. The van der Waals surface area contributed by atoms with Crippen molar-refractivity contribution in [2.75, 3.05) is 13.2 Å². The molecular weight excluding hydrogens is 272 g/mol. The minimum Gasteiger partial charge on any atom is -0.489 e. The van der Waals surface area contributed by atoms with E-state index in [4.69, 9.17) is 10.3 Å². The van der Waals surface area contributed by atoms with Crippen LogP contribution in [0.3, 0.4) is 0 Å². The van der Waals surface area contributed by atoms with Gasteiger partial charge in [-0.1, -0.05) is 5.11 Å². The van der Waals surface area contributed by atoms with Gasteiger partial charge >= 0.3 is 0 Å². The van der Waals surface area contributed by atoms with Gasteiger partial charge in [-0.3, -0.25) is 0 Å². The SMILES string of the molecule is [N-]=[N+]=NCCOc1c(F)cc(F)cc1Br. The topological polar surface area (TPSA) is 58.0 Å². The van der Waals surface area contributed by atoms with E-state index in [2.05, 4.69) is 26.0 Å². The van der Waals surface area contributed by atoms with Crippen LogP contribution in [0, 0.1) is 11.6 Å². The summed E-state index contributed by atoms with van der Waals surface area (Å²) in [7, 11) is 0. The molecule has 0 saturated heterocycles. The first-order chi connectivity index (χ1) is 7.15. The summed E-state index contributed by atoms with van der Waals surface area (Å²) in [5, 5.41) is 3.21. The van der Waals surface area contributed by atoms with Gasteiger partial charge in [0.2, 0.25) is 0 Å². The first-order valence-corrected chi connectivity index (χ1v) is 4.72. The van der Waals surface area contributed by atoms with Gasteiger partial charge in [0.15, 0.2) is 11.6 Å². The second-order valence-electron chi connectivity index (χ2n) is 2.50. The summed E-state index contributed by atoms with van der Waals surface area (Å²) >= 11 is 2.96. The van der Waals surface area contributed by atoms with Gasteiger partial charge in [-0.15, -0.1) is 0 Å². The molecule has 0 saturated carbocycles. The lowest BCUT2D eigenvalue weighted by Gasteiger charge is -2.07. The summed E-state index contributed by atoms with van der Waals surface area (Å²) in [6, 6.07) is 1.81. The summed E-state index contributed by atoms with van der Waals surface area (Å²) in [5.74, 6) is -1.59. The molecule has 0 aliphatic rings. The maximum atomic E-state index is 13.1. The van der Waals surface area contributed by atoms with E-state index in [1.807, 2.05) is 0 Å². The molecule has 7 heteroatoms. The van der Waals surface area contributed by atoms with E-state index in [1.54, 1.807) is 0 Å². The molecule has 1 aromatic rings. The Hall–Kier alpha value is -1.33. The predicted octanol–water partition coefficient (Wildman–Crippen LogP) is 3.42. The normalized spacial score (nSPS) is 9.53. The minimum absolute atomic E-state index is 0.0329. The quantitative estimate of drug-likeness (QED) is 0.360. The van der Waals surface area contributed by atoms with Crippen LogP contribution in [0.5, 0.6) is 5.75 Å². The maximum Gasteiger partial charge on any atom is 0.169 e. The molecule has 0 heterocycles. The van der Waals surface area contributed by atoms with Crippen molar-refractivity contribution in [2.24, 2.45) is 5.11 Å². The molecule has 80 valence electrons. The highest BCUT2D eigenvalue weighted by molar-refractivity contribution is 9.10. The van der Waals surface area contributed by atoms with Crippen LogP contribution in [0.2, 0.25) is 0 Å². The molecule has 1 rings (SSSR count). The van der Waals surface area contributed by atoms with Gasteiger partial charge in [-0.05, 0) is 27.5 Å². The molecule has 15 heavy (non-hydrogen) atoms. The van der Waals surface area contributed by atoms with Gasteiger partial charge in [0, 0.05) is 11.0 Å². The third-order valence-corrected chi connectivity index (χ3v) is 2.05. The average Bonchev–Trinajstić information content (AvgIpc) is 2.15. The van der Waals surface area contributed by atoms with Gasteiger partial charge in [-0.2, -0.15) is 0 Å². The van der Waals surface area contributed by atoms with E-state index < -0.39 is 11.6 Å². The summed E-state index contributed by atoms with van der Waals surface area (Å²) in [6.45, 7) is 0.116. The Morgan fingerprint density at radius 3 is 2.80 bits per heavy atom. The molecule has 0 N–H and O–H groups in total. The van der Waals surface area contributed by atoms with E-state index >= 15 is 0 Å². The first kappa shape index (κ1) is 11.7. The Balaban J connectivity index is 2.72. The monoisotopic (exact) mass is 277 g/mol. The number of azide groups is 1. The molecule has 1 aromatic carbocycles. The van der Waals surface area contributed by atoms with Gasteiger partial charge in [-0.25, -0.2) is 8.78 Å². The van der Waals surface area contributed by atoms with E-state index in [0.717, 1.165) is 6.07 Å². The van der Waals surface area contributed by atoms with Crippen LogP contribution in [0.15, 0.2) is 21.7 Å². The third kappa shape index (κ3) is 3.38. The lowest BCUT2D eigenvalue weighted by Crippen LogP contribution is -2.03. The minimum atomic E-state index is -0.803. The number of hydrogen-bond donors (Lipinski definition) is 0. The molecule has 0 bridgehead atoms. The summed E-state index contributed by atoms with van der Waals surface area (Å²) in [5.41, 5.74) is 7.98. The van der Waals surface area contributed by atoms with E-state index in [9.17, 15) is 8.78 Å². The van der Waals surface area contributed by atoms with Crippen LogP contribution in [0.1, 0.15) is 0 Å². The van der Waals surface area contributed by atoms with Crippen LogP contribution < -0.4 is 4.74 Å². The standard InChI is InChI=1S/C8H6BrF2N3O/c9-6-3-5(10)4-7(11)8(6)15-2-1-13-14-12/h3-4H,1-2H2. The number of benzene rings is 1. The molecule has 0 aliphatic carbocycles. The maximum absolute atomic E-state index is 13.1. The summed E-state index contributed by atoms with van der Waals surface area (Å²) in [6.07, 6.45) is 0. The number of halogens is 3. The third-order valence-electron chi connectivity index (χ3n) is 1.46. The van der Waals surface area contributed by atoms with Crippen molar-refractivity contribution in [1.29, 1.82) is 0 Å². The smallest absolute Gasteiger partial charge is 0.169 e. The van der Waals surface area contributed by atoms with Gasteiger partial charge in [0.25, 0.3) is 0 Å². The summed E-state index contributed by atoms with van der Waals surface area (Å²) in [4.78, 5) is 2.51. The molecular formula is C8H6BrF2N3O. The predicted molar refractivity (Wildman–Crippen MR) is 53.6 cm³/mol. The Morgan fingerprint density at radius 2 is 2.20 bits per heavy atom. The van der Waals surface area contributed by atoms with Crippen LogP contribution >= 0.6 is 15.9 Å². The van der Waals surface area contributed by atoms with Crippen molar-refractivity contribution in [3.05, 3.63) is 38.7 Å². The van der Waals surface area contributed by atoms with E-state index in [1.165, 1.54) is 0 Å². The van der Waals surface area contributed by atoms with Crippen molar-refractivity contribution < 1.29 is 13.5 Å². The molecule has 0 aromatic heterocycles.